The van der Waals surface area contributed by atoms with E-state index in [1.165, 1.54) is 13.1 Å². The number of nitrogens with two attached hydrogens (primary N) is 2. The molecule has 0 fully saturated rings. The molecule has 0 aliphatic heterocycles. The van der Waals surface area contributed by atoms with Crippen molar-refractivity contribution in [2.24, 2.45) is 16.7 Å². The van der Waals surface area contributed by atoms with Crippen molar-refractivity contribution in [2.75, 3.05) is 7.05 Å². The van der Waals surface area contributed by atoms with Crippen molar-refractivity contribution in [1.82, 2.24) is 5.12 Å². The molecule has 1 rings (SSSR count). The summed E-state index contributed by atoms with van der Waals surface area (Å²) in [7, 11) is 1.50. The van der Waals surface area contributed by atoms with Crippen LogP contribution < -0.4 is 11.6 Å². The minimum Gasteiger partial charge on any atom is -0.382 e. The zero-order chi connectivity index (χ0) is 10.7. The van der Waals surface area contributed by atoms with E-state index in [0.29, 0.717) is 4.47 Å². The largest absolute Gasteiger partial charge is 0.382 e. The molecular formula is C8H10BrFN4. The van der Waals surface area contributed by atoms with E-state index >= 15 is 0 Å². The van der Waals surface area contributed by atoms with Gasteiger partial charge in [0.25, 0.3) is 0 Å². The fourth-order valence-electron chi connectivity index (χ4n) is 0.925. The predicted octanol–water partition coefficient (Wildman–Crippen LogP) is 1.01. The SMILES string of the molecule is CN(N)/N=C(\N)c1cccc(Br)c1F. The smallest absolute Gasteiger partial charge is 0.155 e. The van der Waals surface area contributed by atoms with Gasteiger partial charge in [0.05, 0.1) is 10.0 Å². The van der Waals surface area contributed by atoms with Crippen molar-refractivity contribution in [3.05, 3.63) is 34.1 Å². The van der Waals surface area contributed by atoms with Crippen molar-refractivity contribution in [1.29, 1.82) is 0 Å². The zero-order valence-electron chi connectivity index (χ0n) is 7.54. The maximum atomic E-state index is 13.4. The van der Waals surface area contributed by atoms with Gasteiger partial charge in [0.15, 0.2) is 5.84 Å². The lowest BCUT2D eigenvalue weighted by Gasteiger charge is -2.07. The molecule has 14 heavy (non-hydrogen) atoms. The summed E-state index contributed by atoms with van der Waals surface area (Å²) in [6.45, 7) is 0. The van der Waals surface area contributed by atoms with Crippen LogP contribution in [0.25, 0.3) is 0 Å². The van der Waals surface area contributed by atoms with Crippen molar-refractivity contribution in [3.8, 4) is 0 Å². The standard InChI is InChI=1S/C8H10BrFN4/c1-14(12)13-8(11)5-3-2-4-6(9)7(5)10/h2-4H,12H2,1H3,(H2,11,13). The van der Waals surface area contributed by atoms with Crippen LogP contribution in [0.3, 0.4) is 0 Å². The monoisotopic (exact) mass is 260 g/mol. The Morgan fingerprint density at radius 2 is 2.21 bits per heavy atom. The summed E-state index contributed by atoms with van der Waals surface area (Å²) in [6.07, 6.45) is 0. The predicted molar refractivity (Wildman–Crippen MR) is 56.8 cm³/mol. The average molecular weight is 261 g/mol. The van der Waals surface area contributed by atoms with E-state index in [0.717, 1.165) is 5.12 Å². The maximum absolute atomic E-state index is 13.4. The van der Waals surface area contributed by atoms with Crippen LogP contribution in [0.4, 0.5) is 4.39 Å². The van der Waals surface area contributed by atoms with E-state index in [-0.39, 0.29) is 11.4 Å². The molecule has 0 radical (unpaired) electrons. The lowest BCUT2D eigenvalue weighted by molar-refractivity contribution is 0.371. The van der Waals surface area contributed by atoms with Crippen LogP contribution in [0.1, 0.15) is 5.56 Å². The fraction of sp³-hybridized carbons (Fsp3) is 0.125. The number of rotatable bonds is 2. The summed E-state index contributed by atoms with van der Waals surface area (Å²) in [5.41, 5.74) is 5.75. The molecule has 76 valence electrons. The van der Waals surface area contributed by atoms with Gasteiger partial charge in [-0.05, 0) is 28.1 Å². The number of amidine groups is 1. The van der Waals surface area contributed by atoms with Gasteiger partial charge < -0.3 is 5.73 Å². The van der Waals surface area contributed by atoms with Crippen LogP contribution >= 0.6 is 15.9 Å². The maximum Gasteiger partial charge on any atom is 0.155 e. The summed E-state index contributed by atoms with van der Waals surface area (Å²) in [5.74, 6) is 4.84. The Balaban J connectivity index is 3.13. The molecule has 0 heterocycles. The molecule has 0 aliphatic carbocycles. The van der Waals surface area contributed by atoms with Gasteiger partial charge in [-0.1, -0.05) is 6.07 Å². The van der Waals surface area contributed by atoms with Crippen molar-refractivity contribution in [2.45, 2.75) is 0 Å². The first kappa shape index (κ1) is 10.9. The van der Waals surface area contributed by atoms with Crippen molar-refractivity contribution in [3.63, 3.8) is 0 Å². The second kappa shape index (κ2) is 4.39. The zero-order valence-corrected chi connectivity index (χ0v) is 9.12. The van der Waals surface area contributed by atoms with Crippen molar-refractivity contribution < 1.29 is 4.39 Å². The molecule has 0 spiro atoms. The van der Waals surface area contributed by atoms with E-state index in [9.17, 15) is 4.39 Å². The van der Waals surface area contributed by atoms with E-state index in [1.807, 2.05) is 0 Å². The Labute approximate surface area is 89.5 Å². The summed E-state index contributed by atoms with van der Waals surface area (Å²) in [4.78, 5) is 0. The van der Waals surface area contributed by atoms with Gasteiger partial charge in [0.2, 0.25) is 0 Å². The molecular weight excluding hydrogens is 251 g/mol. The van der Waals surface area contributed by atoms with Gasteiger partial charge in [-0.25, -0.2) is 15.4 Å². The van der Waals surface area contributed by atoms with E-state index < -0.39 is 5.82 Å². The van der Waals surface area contributed by atoms with Crippen LogP contribution in [-0.4, -0.2) is 18.0 Å². The van der Waals surface area contributed by atoms with E-state index in [2.05, 4.69) is 21.0 Å². The summed E-state index contributed by atoms with van der Waals surface area (Å²) >= 11 is 3.05. The number of hydrogen-bond acceptors (Lipinski definition) is 3. The average Bonchev–Trinajstić information content (AvgIpc) is 2.08. The molecule has 0 bridgehead atoms. The molecule has 0 saturated heterocycles. The number of halogens is 2. The number of hydrazine groups is 1. The van der Waals surface area contributed by atoms with E-state index in [1.54, 1.807) is 12.1 Å². The molecule has 0 unspecified atom stereocenters. The Hall–Kier alpha value is -1.14. The molecule has 0 saturated carbocycles. The van der Waals surface area contributed by atoms with Crippen LogP contribution in [0.15, 0.2) is 27.8 Å². The van der Waals surface area contributed by atoms with Gasteiger partial charge in [0, 0.05) is 7.05 Å². The van der Waals surface area contributed by atoms with Gasteiger partial charge in [0.1, 0.15) is 5.82 Å². The summed E-state index contributed by atoms with van der Waals surface area (Å²) in [5, 5.41) is 4.72. The Morgan fingerprint density at radius 1 is 1.57 bits per heavy atom. The Kier molecular flexibility index (Phi) is 3.43. The Morgan fingerprint density at radius 3 is 2.79 bits per heavy atom. The molecule has 0 amide bonds. The van der Waals surface area contributed by atoms with Crippen LogP contribution in [-0.2, 0) is 0 Å². The Bertz CT molecular complexity index is 364. The lowest BCUT2D eigenvalue weighted by atomic mass is 10.2. The second-order valence-electron chi connectivity index (χ2n) is 2.66. The first-order valence-corrected chi connectivity index (χ1v) is 4.58. The van der Waals surface area contributed by atoms with Crippen LogP contribution in [0.2, 0.25) is 0 Å². The van der Waals surface area contributed by atoms with Gasteiger partial charge in [-0.15, -0.1) is 5.10 Å². The van der Waals surface area contributed by atoms with E-state index in [4.69, 9.17) is 11.6 Å². The summed E-state index contributed by atoms with van der Waals surface area (Å²) in [6, 6.07) is 4.78. The molecule has 0 aliphatic rings. The molecule has 1 aromatic carbocycles. The second-order valence-corrected chi connectivity index (χ2v) is 3.51. The molecule has 1 aromatic rings. The first-order valence-electron chi connectivity index (χ1n) is 3.79. The van der Waals surface area contributed by atoms with Gasteiger partial charge in [-0.3, -0.25) is 0 Å². The fourth-order valence-corrected chi connectivity index (χ4v) is 1.29. The quantitative estimate of drug-likeness (QED) is 0.361. The number of benzene rings is 1. The highest BCUT2D eigenvalue weighted by molar-refractivity contribution is 9.10. The third-order valence-electron chi connectivity index (χ3n) is 1.49. The highest BCUT2D eigenvalue weighted by Crippen LogP contribution is 2.18. The highest BCUT2D eigenvalue weighted by Gasteiger charge is 2.09. The minimum atomic E-state index is -0.449. The number of hydrazone groups is 1. The molecule has 4 N–H and O–H groups in total. The van der Waals surface area contributed by atoms with Crippen LogP contribution in [0.5, 0.6) is 0 Å². The van der Waals surface area contributed by atoms with Crippen LogP contribution in [0, 0.1) is 5.82 Å². The highest BCUT2D eigenvalue weighted by atomic mass is 79.9. The number of nitrogens with zero attached hydrogens (tertiary/aromatic N) is 2. The van der Waals surface area contributed by atoms with Gasteiger partial charge in [-0.2, -0.15) is 0 Å². The first-order chi connectivity index (χ1) is 6.52. The summed E-state index contributed by atoms with van der Waals surface area (Å²) < 4.78 is 13.8. The molecule has 4 nitrogen and oxygen atoms in total. The molecule has 6 heteroatoms. The minimum absolute atomic E-state index is 0.0359. The molecule has 0 aromatic heterocycles. The normalized spacial score (nSPS) is 11.6. The number of hydrogen-bond donors (Lipinski definition) is 2. The third kappa shape index (κ3) is 2.43. The molecule has 0 atom stereocenters. The van der Waals surface area contributed by atoms with Gasteiger partial charge >= 0.3 is 0 Å². The lowest BCUT2D eigenvalue weighted by Crippen LogP contribution is -2.26. The van der Waals surface area contributed by atoms with Crippen molar-refractivity contribution >= 4 is 21.8 Å². The topological polar surface area (TPSA) is 67.6 Å². The third-order valence-corrected chi connectivity index (χ3v) is 2.11.